The van der Waals surface area contributed by atoms with Gasteiger partial charge < -0.3 is 14.3 Å². The highest BCUT2D eigenvalue weighted by atomic mass is 32.1. The van der Waals surface area contributed by atoms with Gasteiger partial charge in [-0.25, -0.2) is 14.6 Å². The number of hydrogen-bond acceptors (Lipinski definition) is 7. The molecule has 168 valence electrons. The molecule has 5 aromatic rings. The van der Waals surface area contributed by atoms with Gasteiger partial charge in [0.25, 0.3) is 5.91 Å². The molecule has 2 N–H and O–H groups in total. The van der Waals surface area contributed by atoms with Crippen LogP contribution in [0.3, 0.4) is 0 Å². The summed E-state index contributed by atoms with van der Waals surface area (Å²) in [6.07, 6.45) is 0. The number of aromatic nitrogens is 1. The largest absolute Gasteiger partial charge is 0.497 e. The molecule has 0 radical (unpaired) electrons. The van der Waals surface area contributed by atoms with Crippen LogP contribution >= 0.6 is 11.3 Å². The van der Waals surface area contributed by atoms with E-state index in [0.29, 0.717) is 33.2 Å². The second-order valence-electron chi connectivity index (χ2n) is 7.36. The molecule has 34 heavy (non-hydrogen) atoms. The van der Waals surface area contributed by atoms with Crippen molar-refractivity contribution in [2.75, 3.05) is 12.4 Å². The molecule has 0 saturated heterocycles. The molecule has 0 unspecified atom stereocenters. The number of amides is 1. The van der Waals surface area contributed by atoms with E-state index in [1.54, 1.807) is 67.1 Å². The van der Waals surface area contributed by atoms with Crippen molar-refractivity contribution >= 4 is 50.1 Å². The number of carboxylic acid groups (broad SMARTS) is 1. The van der Waals surface area contributed by atoms with E-state index in [9.17, 15) is 19.5 Å². The molecule has 0 aliphatic rings. The Morgan fingerprint density at radius 1 is 1.03 bits per heavy atom. The zero-order valence-corrected chi connectivity index (χ0v) is 18.5. The minimum atomic E-state index is -1.12. The van der Waals surface area contributed by atoms with Crippen LogP contribution in [0.25, 0.3) is 33.0 Å². The van der Waals surface area contributed by atoms with Crippen molar-refractivity contribution in [1.82, 2.24) is 4.98 Å². The Morgan fingerprint density at radius 2 is 1.79 bits per heavy atom. The first-order chi connectivity index (χ1) is 16.4. The first-order valence-electron chi connectivity index (χ1n) is 10.1. The van der Waals surface area contributed by atoms with E-state index in [2.05, 4.69) is 10.3 Å². The first-order valence-corrected chi connectivity index (χ1v) is 11.0. The molecule has 0 saturated carbocycles. The number of carbonyl (C=O) groups is 2. The predicted molar refractivity (Wildman–Crippen MR) is 129 cm³/mol. The van der Waals surface area contributed by atoms with Crippen molar-refractivity contribution in [2.24, 2.45) is 0 Å². The van der Waals surface area contributed by atoms with E-state index in [0.717, 1.165) is 11.3 Å². The van der Waals surface area contributed by atoms with E-state index in [4.69, 9.17) is 9.15 Å². The Morgan fingerprint density at radius 3 is 2.53 bits per heavy atom. The topological polar surface area (TPSA) is 119 Å². The second kappa shape index (κ2) is 8.45. The number of thiazole rings is 1. The van der Waals surface area contributed by atoms with Gasteiger partial charge in [-0.1, -0.05) is 24.3 Å². The number of nitrogens with zero attached hydrogens (tertiary/aromatic N) is 1. The van der Waals surface area contributed by atoms with Crippen molar-refractivity contribution in [3.63, 3.8) is 0 Å². The smallest absolute Gasteiger partial charge is 0.345 e. The zero-order chi connectivity index (χ0) is 23.8. The number of fused-ring (bicyclic) bond motifs is 2. The maximum atomic E-state index is 13.0. The summed E-state index contributed by atoms with van der Waals surface area (Å²) in [6.45, 7) is 0. The van der Waals surface area contributed by atoms with Crippen molar-refractivity contribution in [2.45, 2.75) is 0 Å². The molecule has 0 atom stereocenters. The summed E-state index contributed by atoms with van der Waals surface area (Å²) in [6, 6.07) is 16.6. The lowest BCUT2D eigenvalue weighted by Gasteiger charge is -2.09. The number of rotatable bonds is 5. The molecule has 9 heteroatoms. The normalized spacial score (nSPS) is 11.0. The minimum absolute atomic E-state index is 0.0345. The highest BCUT2D eigenvalue weighted by Crippen LogP contribution is 2.29. The van der Waals surface area contributed by atoms with Gasteiger partial charge in [0, 0.05) is 21.7 Å². The number of carbonyl (C=O) groups excluding carboxylic acids is 1. The SMILES string of the molecule is COc1ccc2oc(=O)c(-c3csc(NC(=O)c4cccc5cccc(C(=O)O)c45)n3)cc2c1. The summed E-state index contributed by atoms with van der Waals surface area (Å²) in [7, 11) is 1.55. The number of carboxylic acids is 1. The van der Waals surface area contributed by atoms with Gasteiger partial charge in [0.05, 0.1) is 23.9 Å². The van der Waals surface area contributed by atoms with E-state index in [-0.39, 0.29) is 21.8 Å². The molecule has 3 aromatic carbocycles. The number of methoxy groups -OCH3 is 1. The van der Waals surface area contributed by atoms with Gasteiger partial charge in [0.2, 0.25) is 0 Å². The lowest BCUT2D eigenvalue weighted by molar-refractivity contribution is 0.0699. The van der Waals surface area contributed by atoms with E-state index < -0.39 is 17.5 Å². The number of hydrogen-bond donors (Lipinski definition) is 2. The Kier molecular flexibility index (Phi) is 5.31. The van der Waals surface area contributed by atoms with Gasteiger partial charge in [-0.3, -0.25) is 10.1 Å². The van der Waals surface area contributed by atoms with E-state index in [1.165, 1.54) is 6.07 Å². The highest BCUT2D eigenvalue weighted by molar-refractivity contribution is 7.14. The fraction of sp³-hybridized carbons (Fsp3) is 0.0400. The summed E-state index contributed by atoms with van der Waals surface area (Å²) in [5, 5.41) is 15.8. The highest BCUT2D eigenvalue weighted by Gasteiger charge is 2.18. The van der Waals surface area contributed by atoms with Crippen LogP contribution in [0.1, 0.15) is 20.7 Å². The van der Waals surface area contributed by atoms with Gasteiger partial charge in [0.15, 0.2) is 5.13 Å². The lowest BCUT2D eigenvalue weighted by atomic mass is 9.99. The van der Waals surface area contributed by atoms with Crippen molar-refractivity contribution in [3.8, 4) is 17.0 Å². The average molecular weight is 472 g/mol. The lowest BCUT2D eigenvalue weighted by Crippen LogP contribution is -2.13. The van der Waals surface area contributed by atoms with Crippen LogP contribution in [0.15, 0.2) is 75.3 Å². The molecule has 5 rings (SSSR count). The zero-order valence-electron chi connectivity index (χ0n) is 17.7. The van der Waals surface area contributed by atoms with Gasteiger partial charge in [-0.2, -0.15) is 0 Å². The fourth-order valence-electron chi connectivity index (χ4n) is 3.73. The van der Waals surface area contributed by atoms with Gasteiger partial charge in [0.1, 0.15) is 11.3 Å². The van der Waals surface area contributed by atoms with Crippen LogP contribution in [0.4, 0.5) is 5.13 Å². The second-order valence-corrected chi connectivity index (χ2v) is 8.22. The number of ether oxygens (including phenoxy) is 1. The molecule has 0 aliphatic heterocycles. The maximum Gasteiger partial charge on any atom is 0.345 e. The van der Waals surface area contributed by atoms with Crippen LogP contribution in [0, 0.1) is 0 Å². The monoisotopic (exact) mass is 472 g/mol. The quantitative estimate of drug-likeness (QED) is 0.344. The minimum Gasteiger partial charge on any atom is -0.497 e. The number of nitrogens with one attached hydrogen (secondary N) is 1. The Bertz CT molecular complexity index is 1650. The summed E-state index contributed by atoms with van der Waals surface area (Å²) >= 11 is 1.14. The van der Waals surface area contributed by atoms with Crippen molar-refractivity contribution < 1.29 is 23.8 Å². The van der Waals surface area contributed by atoms with Crippen LogP contribution in [-0.4, -0.2) is 29.1 Å². The van der Waals surface area contributed by atoms with E-state index in [1.807, 2.05) is 0 Å². The molecule has 1 amide bonds. The van der Waals surface area contributed by atoms with Gasteiger partial charge >= 0.3 is 11.6 Å². The third-order valence-corrected chi connectivity index (χ3v) is 6.08. The Balaban J connectivity index is 1.49. The number of anilines is 1. The maximum absolute atomic E-state index is 13.0. The van der Waals surface area contributed by atoms with Gasteiger partial charge in [-0.05, 0) is 41.8 Å². The Hall–Kier alpha value is -4.50. The van der Waals surface area contributed by atoms with E-state index >= 15 is 0 Å². The molecular weight excluding hydrogens is 456 g/mol. The Labute approximate surface area is 196 Å². The molecule has 0 bridgehead atoms. The third kappa shape index (κ3) is 3.78. The van der Waals surface area contributed by atoms with Gasteiger partial charge in [-0.15, -0.1) is 11.3 Å². The number of aromatic carboxylic acids is 1. The van der Waals surface area contributed by atoms with Crippen LogP contribution in [0.2, 0.25) is 0 Å². The van der Waals surface area contributed by atoms with Crippen LogP contribution < -0.4 is 15.7 Å². The average Bonchev–Trinajstić information content (AvgIpc) is 3.30. The summed E-state index contributed by atoms with van der Waals surface area (Å²) < 4.78 is 10.6. The molecule has 2 aromatic heterocycles. The fourth-order valence-corrected chi connectivity index (χ4v) is 4.44. The van der Waals surface area contributed by atoms with Crippen molar-refractivity contribution in [1.29, 1.82) is 0 Å². The molecule has 8 nitrogen and oxygen atoms in total. The first kappa shape index (κ1) is 21.4. The molecule has 0 aliphatic carbocycles. The molecular formula is C25H16N2O6S. The molecule has 2 heterocycles. The summed E-state index contributed by atoms with van der Waals surface area (Å²) in [5.74, 6) is -1.01. The third-order valence-electron chi connectivity index (χ3n) is 5.32. The van der Waals surface area contributed by atoms with Crippen molar-refractivity contribution in [3.05, 3.63) is 87.6 Å². The van der Waals surface area contributed by atoms with Crippen LogP contribution in [-0.2, 0) is 0 Å². The standard InChI is InChI=1S/C25H16N2O6S/c1-32-15-8-9-20-14(10-15)11-18(24(31)33-20)19-12-34-25(26-19)27-22(28)16-6-2-4-13-5-3-7-17(21(13)16)23(29)30/h2-12H,1H3,(H,29,30)(H,26,27,28). The molecule has 0 spiro atoms. The molecule has 0 fully saturated rings. The summed E-state index contributed by atoms with van der Waals surface area (Å²) in [5.41, 5.74) is 0.708. The van der Waals surface area contributed by atoms with Crippen LogP contribution in [0.5, 0.6) is 5.75 Å². The number of benzene rings is 3. The summed E-state index contributed by atoms with van der Waals surface area (Å²) in [4.78, 5) is 41.6. The predicted octanol–water partition coefficient (Wildman–Crippen LogP) is 5.03.